The first-order valence-electron chi connectivity index (χ1n) is 4.92. The highest BCUT2D eigenvalue weighted by atomic mass is 14.9. The van der Waals surface area contributed by atoms with Gasteiger partial charge in [-0.15, -0.1) is 0 Å². The zero-order valence-corrected chi connectivity index (χ0v) is 8.68. The molecule has 0 radical (unpaired) electrons. The molecular formula is C11H9N5. The number of nitrogens with one attached hydrogen (secondary N) is 1. The molecule has 3 aromatic rings. The molecule has 0 bridgehead atoms. The first kappa shape index (κ1) is 8.96. The quantitative estimate of drug-likeness (QED) is 0.665. The van der Waals surface area contributed by atoms with Crippen molar-refractivity contribution in [2.75, 3.05) is 0 Å². The average molecular weight is 211 g/mol. The SMILES string of the molecule is Cc1ccnc(-c2c[nH]c3ncncc23)n1. The third-order valence-electron chi connectivity index (χ3n) is 2.39. The molecular weight excluding hydrogens is 202 g/mol. The summed E-state index contributed by atoms with van der Waals surface area (Å²) in [6.07, 6.45) is 6.88. The van der Waals surface area contributed by atoms with Gasteiger partial charge in [-0.1, -0.05) is 0 Å². The molecule has 5 heteroatoms. The fourth-order valence-electron chi connectivity index (χ4n) is 1.62. The minimum absolute atomic E-state index is 0.695. The van der Waals surface area contributed by atoms with E-state index in [9.17, 15) is 0 Å². The summed E-state index contributed by atoms with van der Waals surface area (Å²) in [5.41, 5.74) is 2.67. The molecule has 3 heterocycles. The molecule has 0 saturated carbocycles. The molecule has 3 rings (SSSR count). The van der Waals surface area contributed by atoms with Gasteiger partial charge in [0.05, 0.1) is 0 Å². The Bertz CT molecular complexity index is 643. The van der Waals surface area contributed by atoms with Crippen molar-refractivity contribution in [1.29, 1.82) is 0 Å². The Morgan fingerprint density at radius 3 is 3.06 bits per heavy atom. The molecule has 0 fully saturated rings. The van der Waals surface area contributed by atoms with Crippen molar-refractivity contribution in [3.63, 3.8) is 0 Å². The van der Waals surface area contributed by atoms with Gasteiger partial charge >= 0.3 is 0 Å². The highest BCUT2D eigenvalue weighted by molar-refractivity contribution is 5.90. The van der Waals surface area contributed by atoms with Crippen LogP contribution >= 0.6 is 0 Å². The zero-order valence-electron chi connectivity index (χ0n) is 8.68. The third-order valence-corrected chi connectivity index (χ3v) is 2.39. The number of rotatable bonds is 1. The van der Waals surface area contributed by atoms with E-state index >= 15 is 0 Å². The van der Waals surface area contributed by atoms with Gasteiger partial charge in [-0.25, -0.2) is 19.9 Å². The first-order chi connectivity index (χ1) is 7.84. The maximum Gasteiger partial charge on any atom is 0.161 e. The van der Waals surface area contributed by atoms with Crippen molar-refractivity contribution in [1.82, 2.24) is 24.9 Å². The van der Waals surface area contributed by atoms with E-state index in [1.54, 1.807) is 12.4 Å². The second kappa shape index (κ2) is 3.37. The van der Waals surface area contributed by atoms with E-state index in [4.69, 9.17) is 0 Å². The van der Waals surface area contributed by atoms with Crippen LogP contribution in [0, 0.1) is 6.92 Å². The van der Waals surface area contributed by atoms with E-state index < -0.39 is 0 Å². The highest BCUT2D eigenvalue weighted by Crippen LogP contribution is 2.23. The second-order valence-corrected chi connectivity index (χ2v) is 3.51. The molecule has 0 aromatic carbocycles. The maximum atomic E-state index is 4.38. The van der Waals surface area contributed by atoms with E-state index in [1.165, 1.54) is 6.33 Å². The number of nitrogens with zero attached hydrogens (tertiary/aromatic N) is 4. The summed E-state index contributed by atoms with van der Waals surface area (Å²) >= 11 is 0. The monoisotopic (exact) mass is 211 g/mol. The summed E-state index contributed by atoms with van der Waals surface area (Å²) in [4.78, 5) is 19.8. The molecule has 0 amide bonds. The van der Waals surface area contributed by atoms with E-state index in [-0.39, 0.29) is 0 Å². The summed E-state index contributed by atoms with van der Waals surface area (Å²) in [5.74, 6) is 0.695. The number of aromatic nitrogens is 5. The van der Waals surface area contributed by atoms with Crippen LogP contribution < -0.4 is 0 Å². The average Bonchev–Trinajstić information content (AvgIpc) is 2.72. The normalized spacial score (nSPS) is 10.8. The van der Waals surface area contributed by atoms with Gasteiger partial charge in [0.1, 0.15) is 12.0 Å². The van der Waals surface area contributed by atoms with E-state index in [0.717, 1.165) is 22.3 Å². The van der Waals surface area contributed by atoms with E-state index in [2.05, 4.69) is 24.9 Å². The molecule has 1 N–H and O–H groups in total. The molecule has 0 aliphatic rings. The molecule has 0 spiro atoms. The van der Waals surface area contributed by atoms with Crippen LogP contribution in [0.15, 0.2) is 31.0 Å². The van der Waals surface area contributed by atoms with Crippen molar-refractivity contribution >= 4 is 11.0 Å². The Morgan fingerprint density at radius 1 is 1.25 bits per heavy atom. The molecule has 0 unspecified atom stereocenters. The van der Waals surface area contributed by atoms with Crippen molar-refractivity contribution in [3.8, 4) is 11.4 Å². The molecule has 78 valence electrons. The highest BCUT2D eigenvalue weighted by Gasteiger charge is 2.08. The molecule has 16 heavy (non-hydrogen) atoms. The number of fused-ring (bicyclic) bond motifs is 1. The fraction of sp³-hybridized carbons (Fsp3) is 0.0909. The lowest BCUT2D eigenvalue weighted by molar-refractivity contribution is 1.11. The number of H-pyrrole nitrogens is 1. The Balaban J connectivity index is 2.26. The van der Waals surface area contributed by atoms with Crippen molar-refractivity contribution in [2.45, 2.75) is 6.92 Å². The molecule has 5 nitrogen and oxygen atoms in total. The van der Waals surface area contributed by atoms with Crippen molar-refractivity contribution in [2.24, 2.45) is 0 Å². The molecule has 0 saturated heterocycles. The summed E-state index contributed by atoms with van der Waals surface area (Å²) < 4.78 is 0. The van der Waals surface area contributed by atoms with Gasteiger partial charge in [-0.3, -0.25) is 0 Å². The van der Waals surface area contributed by atoms with Crippen molar-refractivity contribution in [3.05, 3.63) is 36.7 Å². The fourth-order valence-corrected chi connectivity index (χ4v) is 1.62. The molecule has 3 aromatic heterocycles. The van der Waals surface area contributed by atoms with Crippen LogP contribution in [-0.2, 0) is 0 Å². The van der Waals surface area contributed by atoms with Gasteiger partial charge in [-0.2, -0.15) is 0 Å². The number of hydrogen-bond acceptors (Lipinski definition) is 4. The van der Waals surface area contributed by atoms with Gasteiger partial charge in [0.15, 0.2) is 5.82 Å². The summed E-state index contributed by atoms with van der Waals surface area (Å²) in [6, 6.07) is 1.87. The third kappa shape index (κ3) is 1.33. The predicted octanol–water partition coefficient (Wildman–Crippen LogP) is 1.72. The Labute approximate surface area is 91.6 Å². The van der Waals surface area contributed by atoms with Gasteiger partial charge in [0.2, 0.25) is 0 Å². The van der Waals surface area contributed by atoms with Gasteiger partial charge < -0.3 is 4.98 Å². The van der Waals surface area contributed by atoms with Crippen LogP contribution in [0.3, 0.4) is 0 Å². The lowest BCUT2D eigenvalue weighted by Crippen LogP contribution is -1.89. The predicted molar refractivity (Wildman–Crippen MR) is 59.7 cm³/mol. The topological polar surface area (TPSA) is 67.3 Å². The van der Waals surface area contributed by atoms with Crippen LogP contribution in [0.4, 0.5) is 0 Å². The standard InChI is InChI=1S/C11H9N5/c1-7-2-3-13-11(16-7)9-5-14-10-8(9)4-12-6-15-10/h2-6H,1H3,(H,12,14,15). The Morgan fingerprint density at radius 2 is 2.19 bits per heavy atom. The summed E-state index contributed by atoms with van der Waals surface area (Å²) in [6.45, 7) is 1.94. The largest absolute Gasteiger partial charge is 0.345 e. The number of aryl methyl sites for hydroxylation is 1. The van der Waals surface area contributed by atoms with Crippen LogP contribution in [0.5, 0.6) is 0 Å². The van der Waals surface area contributed by atoms with Crippen LogP contribution in [0.2, 0.25) is 0 Å². The van der Waals surface area contributed by atoms with Crippen LogP contribution in [-0.4, -0.2) is 24.9 Å². The Hall–Kier alpha value is -2.30. The molecule has 0 aliphatic heterocycles. The van der Waals surface area contributed by atoms with Gasteiger partial charge in [-0.05, 0) is 13.0 Å². The van der Waals surface area contributed by atoms with E-state index in [1.807, 2.05) is 19.2 Å². The first-order valence-corrected chi connectivity index (χ1v) is 4.92. The lowest BCUT2D eigenvalue weighted by Gasteiger charge is -1.97. The second-order valence-electron chi connectivity index (χ2n) is 3.51. The molecule has 0 atom stereocenters. The van der Waals surface area contributed by atoms with Gasteiger partial charge in [0.25, 0.3) is 0 Å². The number of aromatic amines is 1. The van der Waals surface area contributed by atoms with E-state index in [0.29, 0.717) is 5.82 Å². The summed E-state index contributed by atoms with van der Waals surface area (Å²) in [7, 11) is 0. The minimum atomic E-state index is 0.695. The Kier molecular flexibility index (Phi) is 1.89. The number of hydrogen-bond donors (Lipinski definition) is 1. The van der Waals surface area contributed by atoms with Crippen LogP contribution in [0.25, 0.3) is 22.4 Å². The zero-order chi connectivity index (χ0) is 11.0. The summed E-state index contributed by atoms with van der Waals surface area (Å²) in [5, 5.41) is 0.938. The maximum absolute atomic E-state index is 4.38. The minimum Gasteiger partial charge on any atom is -0.345 e. The lowest BCUT2D eigenvalue weighted by atomic mass is 10.2. The van der Waals surface area contributed by atoms with Crippen molar-refractivity contribution < 1.29 is 0 Å². The van der Waals surface area contributed by atoms with Gasteiger partial charge in [0, 0.05) is 35.2 Å². The van der Waals surface area contributed by atoms with Crippen LogP contribution in [0.1, 0.15) is 5.69 Å². The smallest absolute Gasteiger partial charge is 0.161 e. The molecule has 0 aliphatic carbocycles.